The Hall–Kier alpha value is -2.03. The molecule has 21 heavy (non-hydrogen) atoms. The number of rotatable bonds is 1. The molecular weight excluding hydrogens is 262 g/mol. The maximum absolute atomic E-state index is 12.6. The summed E-state index contributed by atoms with van der Waals surface area (Å²) in [5.74, 6) is 0.0114. The third kappa shape index (κ3) is 2.73. The van der Waals surface area contributed by atoms with Crippen LogP contribution >= 0.6 is 0 Å². The third-order valence-electron chi connectivity index (χ3n) is 4.50. The minimum absolute atomic E-state index is 0.0613. The van der Waals surface area contributed by atoms with Gasteiger partial charge in [0.1, 0.15) is 5.75 Å². The highest BCUT2D eigenvalue weighted by Gasteiger charge is 2.29. The number of carbonyl (C=O) groups is 1. The van der Waals surface area contributed by atoms with Crippen LogP contribution in [0.4, 0.5) is 0 Å². The highest BCUT2D eigenvalue weighted by Crippen LogP contribution is 2.32. The van der Waals surface area contributed by atoms with Crippen LogP contribution in [-0.4, -0.2) is 29.0 Å². The molecule has 1 aliphatic heterocycles. The van der Waals surface area contributed by atoms with Crippen molar-refractivity contribution >= 4 is 16.7 Å². The number of nitrogens with zero attached hydrogens (tertiary/aromatic N) is 1. The van der Waals surface area contributed by atoms with Crippen molar-refractivity contribution in [2.45, 2.75) is 26.7 Å². The number of carbonyl (C=O) groups excluding carboxylic acids is 1. The fourth-order valence-corrected chi connectivity index (χ4v) is 2.89. The van der Waals surface area contributed by atoms with E-state index in [0.29, 0.717) is 11.0 Å². The normalized spacial score (nSPS) is 17.9. The molecule has 0 atom stereocenters. The quantitative estimate of drug-likeness (QED) is 0.864. The number of fused-ring (bicyclic) bond motifs is 1. The van der Waals surface area contributed by atoms with Gasteiger partial charge in [-0.25, -0.2) is 0 Å². The van der Waals surface area contributed by atoms with Crippen molar-refractivity contribution in [3.8, 4) is 5.75 Å². The number of phenolic OH excluding ortho intramolecular Hbond substituents is 1. The summed E-state index contributed by atoms with van der Waals surface area (Å²) >= 11 is 0. The summed E-state index contributed by atoms with van der Waals surface area (Å²) in [7, 11) is 0. The summed E-state index contributed by atoms with van der Waals surface area (Å²) in [4.78, 5) is 14.5. The molecule has 0 bridgehead atoms. The molecule has 0 aliphatic carbocycles. The van der Waals surface area contributed by atoms with Crippen molar-refractivity contribution in [2.24, 2.45) is 5.41 Å². The Labute approximate surface area is 125 Å². The topological polar surface area (TPSA) is 40.5 Å². The van der Waals surface area contributed by atoms with Gasteiger partial charge >= 0.3 is 0 Å². The van der Waals surface area contributed by atoms with E-state index in [0.717, 1.165) is 36.7 Å². The molecule has 110 valence electrons. The summed E-state index contributed by atoms with van der Waals surface area (Å²) in [5, 5.41) is 12.1. The standard InChI is InChI=1S/C18H21NO2/c1-18(2)7-9-19(10-8-18)17(21)15-11-13-5-3-4-6-14(13)12-16(15)20/h3-6,11-12,20H,7-10H2,1-2H3. The van der Waals surface area contributed by atoms with Crippen LogP contribution in [0.25, 0.3) is 10.8 Å². The van der Waals surface area contributed by atoms with E-state index in [2.05, 4.69) is 13.8 Å². The van der Waals surface area contributed by atoms with Gasteiger partial charge in [0, 0.05) is 13.1 Å². The fraction of sp³-hybridized carbons (Fsp3) is 0.389. The van der Waals surface area contributed by atoms with E-state index in [4.69, 9.17) is 0 Å². The molecule has 1 saturated heterocycles. The number of benzene rings is 2. The smallest absolute Gasteiger partial charge is 0.257 e. The molecule has 0 spiro atoms. The zero-order chi connectivity index (χ0) is 15.0. The molecule has 0 unspecified atom stereocenters. The summed E-state index contributed by atoms with van der Waals surface area (Å²) in [6.07, 6.45) is 2.01. The van der Waals surface area contributed by atoms with E-state index < -0.39 is 0 Å². The number of piperidine rings is 1. The monoisotopic (exact) mass is 283 g/mol. The largest absolute Gasteiger partial charge is 0.507 e. The minimum atomic E-state index is -0.0613. The zero-order valence-corrected chi connectivity index (χ0v) is 12.6. The van der Waals surface area contributed by atoms with E-state index in [9.17, 15) is 9.90 Å². The molecule has 1 N–H and O–H groups in total. The van der Waals surface area contributed by atoms with Crippen molar-refractivity contribution < 1.29 is 9.90 Å². The Morgan fingerprint density at radius 3 is 2.29 bits per heavy atom. The average molecular weight is 283 g/mol. The Kier molecular flexibility index (Phi) is 3.36. The summed E-state index contributed by atoms with van der Waals surface area (Å²) < 4.78 is 0. The number of amides is 1. The second-order valence-corrected chi connectivity index (χ2v) is 6.67. The van der Waals surface area contributed by atoms with Crippen LogP contribution in [0.15, 0.2) is 36.4 Å². The van der Waals surface area contributed by atoms with Gasteiger partial charge in [0.2, 0.25) is 0 Å². The molecule has 3 heteroatoms. The van der Waals surface area contributed by atoms with Crippen LogP contribution in [0.5, 0.6) is 5.75 Å². The van der Waals surface area contributed by atoms with Gasteiger partial charge in [-0.1, -0.05) is 38.1 Å². The number of phenols is 1. The van der Waals surface area contributed by atoms with Gasteiger partial charge in [0.15, 0.2) is 0 Å². The maximum Gasteiger partial charge on any atom is 0.257 e. The van der Waals surface area contributed by atoms with E-state index >= 15 is 0 Å². The second-order valence-electron chi connectivity index (χ2n) is 6.67. The molecule has 0 radical (unpaired) electrons. The van der Waals surface area contributed by atoms with Crippen LogP contribution in [0.3, 0.4) is 0 Å². The highest BCUT2D eigenvalue weighted by atomic mass is 16.3. The molecule has 1 fully saturated rings. The first-order chi connectivity index (χ1) is 9.96. The second kappa shape index (κ2) is 5.06. The Balaban J connectivity index is 1.89. The Morgan fingerprint density at radius 2 is 1.67 bits per heavy atom. The van der Waals surface area contributed by atoms with Gasteiger partial charge in [0.25, 0.3) is 5.91 Å². The molecule has 3 rings (SSSR count). The lowest BCUT2D eigenvalue weighted by Crippen LogP contribution is -2.41. The van der Waals surface area contributed by atoms with Crippen LogP contribution < -0.4 is 0 Å². The fourth-order valence-electron chi connectivity index (χ4n) is 2.89. The lowest BCUT2D eigenvalue weighted by molar-refractivity contribution is 0.0627. The molecule has 1 aliphatic rings. The van der Waals surface area contributed by atoms with Crippen LogP contribution in [0.2, 0.25) is 0 Å². The van der Waals surface area contributed by atoms with Gasteiger partial charge in [-0.3, -0.25) is 4.79 Å². The van der Waals surface area contributed by atoms with Crippen LogP contribution in [0.1, 0.15) is 37.0 Å². The van der Waals surface area contributed by atoms with Crippen LogP contribution in [0, 0.1) is 5.41 Å². The highest BCUT2D eigenvalue weighted by molar-refractivity contribution is 6.01. The number of likely N-dealkylation sites (tertiary alicyclic amines) is 1. The molecule has 2 aromatic rings. The molecular formula is C18H21NO2. The first-order valence-electron chi connectivity index (χ1n) is 7.47. The third-order valence-corrected chi connectivity index (χ3v) is 4.50. The minimum Gasteiger partial charge on any atom is -0.507 e. The van der Waals surface area contributed by atoms with Gasteiger partial charge < -0.3 is 10.0 Å². The number of aromatic hydroxyl groups is 1. The Bertz CT molecular complexity index is 681. The summed E-state index contributed by atoms with van der Waals surface area (Å²) in [6.45, 7) is 6.00. The molecule has 3 nitrogen and oxygen atoms in total. The number of hydrogen-bond acceptors (Lipinski definition) is 2. The lowest BCUT2D eigenvalue weighted by atomic mass is 9.82. The molecule has 0 saturated carbocycles. The van der Waals surface area contributed by atoms with Crippen molar-refractivity contribution in [2.75, 3.05) is 13.1 Å². The van der Waals surface area contributed by atoms with Crippen molar-refractivity contribution in [1.29, 1.82) is 0 Å². The van der Waals surface area contributed by atoms with Crippen molar-refractivity contribution in [3.05, 3.63) is 42.0 Å². The molecule has 0 aromatic heterocycles. The van der Waals surface area contributed by atoms with Crippen molar-refractivity contribution in [1.82, 2.24) is 4.90 Å². The zero-order valence-electron chi connectivity index (χ0n) is 12.6. The number of hydrogen-bond donors (Lipinski definition) is 1. The van der Waals surface area contributed by atoms with Gasteiger partial charge in [-0.2, -0.15) is 0 Å². The van der Waals surface area contributed by atoms with Crippen molar-refractivity contribution in [3.63, 3.8) is 0 Å². The molecule has 1 amide bonds. The maximum atomic E-state index is 12.6. The summed E-state index contributed by atoms with van der Waals surface area (Å²) in [5.41, 5.74) is 0.718. The van der Waals surface area contributed by atoms with Gasteiger partial charge in [0.05, 0.1) is 5.56 Å². The predicted octanol–water partition coefficient (Wildman–Crippen LogP) is 3.81. The molecule has 1 heterocycles. The average Bonchev–Trinajstić information content (AvgIpc) is 2.46. The van der Waals surface area contributed by atoms with Gasteiger partial charge in [-0.05, 0) is 41.2 Å². The lowest BCUT2D eigenvalue weighted by Gasteiger charge is -2.37. The SMILES string of the molecule is CC1(C)CCN(C(=O)c2cc3ccccc3cc2O)CC1. The van der Waals surface area contributed by atoms with Gasteiger partial charge in [-0.15, -0.1) is 0 Å². The van der Waals surface area contributed by atoms with E-state index in [1.165, 1.54) is 0 Å². The molecule has 2 aromatic carbocycles. The van der Waals surface area contributed by atoms with Crippen LogP contribution in [-0.2, 0) is 0 Å². The summed E-state index contributed by atoms with van der Waals surface area (Å²) in [6, 6.07) is 11.2. The van der Waals surface area contributed by atoms with E-state index in [-0.39, 0.29) is 11.7 Å². The Morgan fingerprint density at radius 1 is 1.10 bits per heavy atom. The predicted molar refractivity (Wildman–Crippen MR) is 84.5 cm³/mol. The van der Waals surface area contributed by atoms with E-state index in [1.807, 2.05) is 29.2 Å². The van der Waals surface area contributed by atoms with E-state index in [1.54, 1.807) is 12.1 Å². The first kappa shape index (κ1) is 13.9. The first-order valence-corrected chi connectivity index (χ1v) is 7.47.